The number of methoxy groups -OCH3 is 1. The van der Waals surface area contributed by atoms with Crippen LogP contribution in [0.4, 0.5) is 0 Å². The van der Waals surface area contributed by atoms with Gasteiger partial charge in [-0.15, -0.1) is 0 Å². The molecule has 5 nitrogen and oxygen atoms in total. The number of fused-ring (bicyclic) bond motifs is 1. The van der Waals surface area contributed by atoms with Gasteiger partial charge in [0.25, 0.3) is 5.56 Å². The molecule has 1 aromatic carbocycles. The van der Waals surface area contributed by atoms with Crippen LogP contribution < -0.4 is 5.56 Å². The lowest BCUT2D eigenvalue weighted by atomic mass is 10.1. The van der Waals surface area contributed by atoms with E-state index in [4.69, 9.17) is 0 Å². The molecule has 0 bridgehead atoms. The van der Waals surface area contributed by atoms with Gasteiger partial charge in [0.15, 0.2) is 5.69 Å². The highest BCUT2D eigenvalue weighted by molar-refractivity contribution is 9.10. The summed E-state index contributed by atoms with van der Waals surface area (Å²) in [5.41, 5.74) is 0.548. The molecule has 2 rings (SSSR count). The first kappa shape index (κ1) is 11.8. The largest absolute Gasteiger partial charge is 0.464 e. The first-order valence-corrected chi connectivity index (χ1v) is 5.60. The van der Waals surface area contributed by atoms with Crippen LogP contribution in [-0.4, -0.2) is 23.3 Å². The molecule has 0 fully saturated rings. The number of carbonyl (C=O) groups is 1. The summed E-state index contributed by atoms with van der Waals surface area (Å²) < 4.78 is 5.40. The zero-order valence-electron chi connectivity index (χ0n) is 9.20. The maximum absolute atomic E-state index is 11.7. The number of esters is 1. The van der Waals surface area contributed by atoms with Gasteiger partial charge in [-0.2, -0.15) is 5.10 Å². The molecule has 0 aliphatic rings. The molecule has 0 amide bonds. The van der Waals surface area contributed by atoms with E-state index in [1.807, 2.05) is 0 Å². The standard InChI is InChI=1S/C11H9BrN2O3/c1-5-3-6(12)4-7-8(5)10(15)14-13-9(7)11(16)17-2/h3-4H,1-2H3,(H,14,15). The summed E-state index contributed by atoms with van der Waals surface area (Å²) in [6.07, 6.45) is 0. The van der Waals surface area contributed by atoms with Gasteiger partial charge in [-0.05, 0) is 24.6 Å². The average molecular weight is 297 g/mol. The maximum Gasteiger partial charge on any atom is 0.359 e. The van der Waals surface area contributed by atoms with Crippen LogP contribution >= 0.6 is 15.9 Å². The minimum Gasteiger partial charge on any atom is -0.464 e. The van der Waals surface area contributed by atoms with Gasteiger partial charge in [0.05, 0.1) is 12.5 Å². The molecule has 1 aromatic heterocycles. The highest BCUT2D eigenvalue weighted by atomic mass is 79.9. The lowest BCUT2D eigenvalue weighted by Crippen LogP contribution is -2.16. The van der Waals surface area contributed by atoms with E-state index in [1.165, 1.54) is 7.11 Å². The van der Waals surface area contributed by atoms with Crippen LogP contribution in [0.25, 0.3) is 10.8 Å². The molecule has 0 saturated heterocycles. The molecule has 0 radical (unpaired) electrons. The smallest absolute Gasteiger partial charge is 0.359 e. The van der Waals surface area contributed by atoms with Crippen LogP contribution in [0.5, 0.6) is 0 Å². The highest BCUT2D eigenvalue weighted by Gasteiger charge is 2.16. The van der Waals surface area contributed by atoms with E-state index >= 15 is 0 Å². The van der Waals surface area contributed by atoms with Crippen molar-refractivity contribution in [2.45, 2.75) is 6.92 Å². The zero-order valence-corrected chi connectivity index (χ0v) is 10.8. The van der Waals surface area contributed by atoms with E-state index in [2.05, 4.69) is 30.9 Å². The summed E-state index contributed by atoms with van der Waals surface area (Å²) in [5.74, 6) is -0.580. The fraction of sp³-hybridized carbons (Fsp3) is 0.182. The number of hydrogen-bond acceptors (Lipinski definition) is 4. The van der Waals surface area contributed by atoms with Crippen molar-refractivity contribution < 1.29 is 9.53 Å². The van der Waals surface area contributed by atoms with Crippen molar-refractivity contribution in [3.05, 3.63) is 38.2 Å². The Balaban J connectivity index is 2.94. The van der Waals surface area contributed by atoms with Crippen LogP contribution in [0.3, 0.4) is 0 Å². The molecule has 2 aromatic rings. The van der Waals surface area contributed by atoms with Crippen molar-refractivity contribution >= 4 is 32.7 Å². The third-order valence-corrected chi connectivity index (χ3v) is 2.89. The van der Waals surface area contributed by atoms with Gasteiger partial charge in [-0.3, -0.25) is 4.79 Å². The molecule has 0 aliphatic carbocycles. The summed E-state index contributed by atoms with van der Waals surface area (Å²) in [5, 5.41) is 6.95. The molecule has 0 unspecified atom stereocenters. The summed E-state index contributed by atoms with van der Waals surface area (Å²) in [4.78, 5) is 23.2. The highest BCUT2D eigenvalue weighted by Crippen LogP contribution is 2.23. The number of nitrogens with zero attached hydrogens (tertiary/aromatic N) is 1. The van der Waals surface area contributed by atoms with Crippen molar-refractivity contribution in [1.29, 1.82) is 0 Å². The SMILES string of the molecule is COC(=O)c1n[nH]c(=O)c2c(C)cc(Br)cc12. The Morgan fingerprint density at radius 1 is 1.47 bits per heavy atom. The molecule has 0 aliphatic heterocycles. The Labute approximate surface area is 105 Å². The number of halogens is 1. The van der Waals surface area contributed by atoms with Crippen molar-refractivity contribution in [3.8, 4) is 0 Å². The normalized spacial score (nSPS) is 10.5. The second-order valence-electron chi connectivity index (χ2n) is 3.54. The topological polar surface area (TPSA) is 72.0 Å². The lowest BCUT2D eigenvalue weighted by Gasteiger charge is -2.05. The number of nitrogens with one attached hydrogen (secondary N) is 1. The van der Waals surface area contributed by atoms with Crippen LogP contribution in [0.1, 0.15) is 16.1 Å². The fourth-order valence-corrected chi connectivity index (χ4v) is 2.28. The van der Waals surface area contributed by atoms with Crippen LogP contribution in [0, 0.1) is 6.92 Å². The van der Waals surface area contributed by atoms with E-state index in [-0.39, 0.29) is 11.3 Å². The van der Waals surface area contributed by atoms with E-state index in [0.29, 0.717) is 10.8 Å². The molecule has 0 saturated carbocycles. The maximum atomic E-state index is 11.7. The third kappa shape index (κ3) is 1.95. The van der Waals surface area contributed by atoms with Crippen molar-refractivity contribution in [2.24, 2.45) is 0 Å². The minimum absolute atomic E-state index is 0.103. The average Bonchev–Trinajstić information content (AvgIpc) is 2.27. The Bertz CT molecular complexity index is 664. The molecule has 17 heavy (non-hydrogen) atoms. The second kappa shape index (κ2) is 4.29. The molecule has 0 atom stereocenters. The van der Waals surface area contributed by atoms with Gasteiger partial charge < -0.3 is 4.74 Å². The monoisotopic (exact) mass is 296 g/mol. The number of ether oxygens (including phenoxy) is 1. The minimum atomic E-state index is -0.580. The van der Waals surface area contributed by atoms with Gasteiger partial charge in [0, 0.05) is 9.86 Å². The summed E-state index contributed by atoms with van der Waals surface area (Å²) >= 11 is 3.32. The molecular weight excluding hydrogens is 288 g/mol. The van der Waals surface area contributed by atoms with Crippen LogP contribution in [0.15, 0.2) is 21.4 Å². The Morgan fingerprint density at radius 3 is 2.82 bits per heavy atom. The molecular formula is C11H9BrN2O3. The molecule has 0 spiro atoms. The molecule has 88 valence electrons. The molecule has 6 heteroatoms. The van der Waals surface area contributed by atoms with Gasteiger partial charge in [-0.1, -0.05) is 15.9 Å². The Hall–Kier alpha value is -1.69. The first-order valence-electron chi connectivity index (χ1n) is 4.81. The molecule has 1 N–H and O–H groups in total. The van der Waals surface area contributed by atoms with Crippen molar-refractivity contribution in [1.82, 2.24) is 10.2 Å². The lowest BCUT2D eigenvalue weighted by molar-refractivity contribution is 0.0595. The van der Waals surface area contributed by atoms with E-state index in [1.54, 1.807) is 19.1 Å². The van der Waals surface area contributed by atoms with Crippen LogP contribution in [0.2, 0.25) is 0 Å². The zero-order chi connectivity index (χ0) is 12.6. The number of aryl methyl sites for hydroxylation is 1. The number of aromatic amines is 1. The van der Waals surface area contributed by atoms with Crippen LogP contribution in [-0.2, 0) is 4.74 Å². The quantitative estimate of drug-likeness (QED) is 0.814. The van der Waals surface area contributed by atoms with Crippen molar-refractivity contribution in [2.75, 3.05) is 7.11 Å². The first-order chi connectivity index (χ1) is 8.04. The molecule has 1 heterocycles. The van der Waals surface area contributed by atoms with Gasteiger partial charge in [-0.25, -0.2) is 9.89 Å². The van der Waals surface area contributed by atoms with Crippen molar-refractivity contribution in [3.63, 3.8) is 0 Å². The summed E-state index contributed by atoms with van der Waals surface area (Å²) in [6.45, 7) is 1.80. The van der Waals surface area contributed by atoms with E-state index in [9.17, 15) is 9.59 Å². The number of H-pyrrole nitrogens is 1. The second-order valence-corrected chi connectivity index (χ2v) is 4.45. The number of benzene rings is 1. The van der Waals surface area contributed by atoms with E-state index < -0.39 is 5.97 Å². The Morgan fingerprint density at radius 2 is 2.18 bits per heavy atom. The number of aromatic nitrogens is 2. The number of carbonyl (C=O) groups excluding carboxylic acids is 1. The van der Waals surface area contributed by atoms with Gasteiger partial charge in [0.2, 0.25) is 0 Å². The van der Waals surface area contributed by atoms with E-state index in [0.717, 1.165) is 10.0 Å². The third-order valence-electron chi connectivity index (χ3n) is 2.43. The summed E-state index contributed by atoms with van der Waals surface area (Å²) in [7, 11) is 1.27. The predicted molar refractivity (Wildman–Crippen MR) is 66.1 cm³/mol. The fourth-order valence-electron chi connectivity index (χ4n) is 1.71. The Kier molecular flexibility index (Phi) is 2.97. The summed E-state index contributed by atoms with van der Waals surface area (Å²) in [6, 6.07) is 3.48. The number of hydrogen-bond donors (Lipinski definition) is 1. The van der Waals surface area contributed by atoms with Gasteiger partial charge in [0.1, 0.15) is 0 Å². The number of rotatable bonds is 1. The van der Waals surface area contributed by atoms with Gasteiger partial charge >= 0.3 is 5.97 Å². The predicted octanol–water partition coefficient (Wildman–Crippen LogP) is 1.78.